The van der Waals surface area contributed by atoms with Crippen LogP contribution in [0.3, 0.4) is 0 Å². The minimum Gasteiger partial charge on any atom is -0.394 e. The van der Waals surface area contributed by atoms with Gasteiger partial charge in [-0.05, 0) is 25.1 Å². The van der Waals surface area contributed by atoms with Crippen molar-refractivity contribution in [1.82, 2.24) is 9.55 Å². The molecule has 0 spiro atoms. The summed E-state index contributed by atoms with van der Waals surface area (Å²) in [6.45, 7) is 0.788. The Balaban J connectivity index is 1.82. The lowest BCUT2D eigenvalue weighted by Gasteiger charge is -2.27. The zero-order valence-corrected chi connectivity index (χ0v) is 13.9. The largest absolute Gasteiger partial charge is 0.394 e. The van der Waals surface area contributed by atoms with E-state index in [2.05, 4.69) is 10.3 Å². The molecule has 1 amide bonds. The molecule has 138 valence electrons. The predicted octanol–water partition coefficient (Wildman–Crippen LogP) is -0.503. The summed E-state index contributed by atoms with van der Waals surface area (Å²) < 4.78 is 6.38. The van der Waals surface area contributed by atoms with Crippen molar-refractivity contribution in [2.75, 3.05) is 11.9 Å². The van der Waals surface area contributed by atoms with Gasteiger partial charge in [-0.1, -0.05) is 18.2 Å². The van der Waals surface area contributed by atoms with Crippen molar-refractivity contribution in [2.45, 2.75) is 31.0 Å². The van der Waals surface area contributed by atoms with E-state index in [0.29, 0.717) is 5.56 Å². The standard InChI is InChI=1S/C17H19N3O6/c1-17(25)13(22)11(9-21)26-15(17)20-8-7-12(19-16(20)24)18-14(23)10-5-3-2-4-6-10/h2-8,11,13,15,21-22,25H,9H2,1H3,(H,18,19,23,24)/t11-,13-,15-,17-/m1/s1. The Morgan fingerprint density at radius 3 is 2.62 bits per heavy atom. The molecule has 4 atom stereocenters. The van der Waals surface area contributed by atoms with Crippen LogP contribution in [0.15, 0.2) is 47.4 Å². The molecule has 4 N–H and O–H groups in total. The van der Waals surface area contributed by atoms with Crippen molar-refractivity contribution in [2.24, 2.45) is 0 Å². The molecule has 1 aromatic carbocycles. The molecule has 9 heteroatoms. The van der Waals surface area contributed by atoms with Gasteiger partial charge in [0.1, 0.15) is 23.6 Å². The molecule has 1 fully saturated rings. The minimum absolute atomic E-state index is 0.0389. The second-order valence-electron chi connectivity index (χ2n) is 6.20. The highest BCUT2D eigenvalue weighted by Gasteiger charge is 2.53. The number of anilines is 1. The van der Waals surface area contributed by atoms with Gasteiger partial charge in [-0.3, -0.25) is 9.36 Å². The number of benzene rings is 1. The van der Waals surface area contributed by atoms with E-state index in [4.69, 9.17) is 4.74 Å². The Hall–Kier alpha value is -2.59. The van der Waals surface area contributed by atoms with Crippen LogP contribution in [-0.2, 0) is 4.74 Å². The first-order chi connectivity index (χ1) is 12.3. The lowest BCUT2D eigenvalue weighted by atomic mass is 9.96. The molecule has 0 aliphatic carbocycles. The summed E-state index contributed by atoms with van der Waals surface area (Å²) in [5.41, 5.74) is -2.17. The van der Waals surface area contributed by atoms with Gasteiger partial charge in [0.15, 0.2) is 6.23 Å². The fourth-order valence-corrected chi connectivity index (χ4v) is 2.83. The van der Waals surface area contributed by atoms with Crippen LogP contribution < -0.4 is 11.0 Å². The van der Waals surface area contributed by atoms with Crippen LogP contribution in [0.25, 0.3) is 0 Å². The van der Waals surface area contributed by atoms with Crippen molar-refractivity contribution in [1.29, 1.82) is 0 Å². The molecule has 2 heterocycles. The van der Waals surface area contributed by atoms with Gasteiger partial charge < -0.3 is 25.4 Å². The SMILES string of the molecule is C[C@@]1(O)[C@H](O)[C@@H](CO)O[C@H]1n1ccc(NC(=O)c2ccccc2)nc1=O. The Kier molecular flexibility index (Phi) is 4.88. The number of amides is 1. The summed E-state index contributed by atoms with van der Waals surface area (Å²) >= 11 is 0. The number of nitrogens with zero attached hydrogens (tertiary/aromatic N) is 2. The number of hydrogen-bond acceptors (Lipinski definition) is 7. The number of ether oxygens (including phenoxy) is 1. The van der Waals surface area contributed by atoms with Crippen molar-refractivity contribution in [3.05, 3.63) is 58.6 Å². The zero-order chi connectivity index (χ0) is 18.9. The fraction of sp³-hybridized carbons (Fsp3) is 0.353. The monoisotopic (exact) mass is 361 g/mol. The van der Waals surface area contributed by atoms with E-state index in [1.165, 1.54) is 19.2 Å². The molecule has 1 saturated heterocycles. The van der Waals surface area contributed by atoms with E-state index in [1.54, 1.807) is 30.3 Å². The molecule has 0 unspecified atom stereocenters. The molecule has 9 nitrogen and oxygen atoms in total. The van der Waals surface area contributed by atoms with Crippen molar-refractivity contribution >= 4 is 11.7 Å². The summed E-state index contributed by atoms with van der Waals surface area (Å²) in [5, 5.41) is 32.2. The lowest BCUT2D eigenvalue weighted by molar-refractivity contribution is -0.0986. The Morgan fingerprint density at radius 2 is 2.04 bits per heavy atom. The Bertz CT molecular complexity index is 851. The maximum atomic E-state index is 12.3. The normalized spacial score (nSPS) is 28.1. The third kappa shape index (κ3) is 3.25. The average Bonchev–Trinajstić information content (AvgIpc) is 2.85. The first-order valence-corrected chi connectivity index (χ1v) is 7.97. The van der Waals surface area contributed by atoms with Crippen LogP contribution in [0.2, 0.25) is 0 Å². The zero-order valence-electron chi connectivity index (χ0n) is 13.9. The maximum absolute atomic E-state index is 12.3. The van der Waals surface area contributed by atoms with Gasteiger partial charge >= 0.3 is 5.69 Å². The highest BCUT2D eigenvalue weighted by molar-refractivity contribution is 6.03. The lowest BCUT2D eigenvalue weighted by Crippen LogP contribution is -2.46. The van der Waals surface area contributed by atoms with E-state index in [-0.39, 0.29) is 5.82 Å². The molecule has 26 heavy (non-hydrogen) atoms. The van der Waals surface area contributed by atoms with E-state index >= 15 is 0 Å². The van der Waals surface area contributed by atoms with Crippen LogP contribution in [-0.4, -0.2) is 55.2 Å². The second-order valence-corrected chi connectivity index (χ2v) is 6.20. The van der Waals surface area contributed by atoms with Crippen LogP contribution in [0.4, 0.5) is 5.82 Å². The van der Waals surface area contributed by atoms with Gasteiger partial charge in [-0.2, -0.15) is 4.98 Å². The van der Waals surface area contributed by atoms with E-state index in [0.717, 1.165) is 4.57 Å². The van der Waals surface area contributed by atoms with Gasteiger partial charge in [0.25, 0.3) is 5.91 Å². The predicted molar refractivity (Wildman–Crippen MR) is 90.5 cm³/mol. The fourth-order valence-electron chi connectivity index (χ4n) is 2.83. The molecule has 3 rings (SSSR count). The van der Waals surface area contributed by atoms with Gasteiger partial charge in [0.05, 0.1) is 6.61 Å². The summed E-state index contributed by atoms with van der Waals surface area (Å²) in [6, 6.07) is 9.82. The third-order valence-corrected chi connectivity index (χ3v) is 4.29. The van der Waals surface area contributed by atoms with Crippen LogP contribution in [0, 0.1) is 0 Å². The highest BCUT2D eigenvalue weighted by atomic mass is 16.6. The van der Waals surface area contributed by atoms with Crippen LogP contribution >= 0.6 is 0 Å². The van der Waals surface area contributed by atoms with E-state index in [9.17, 15) is 24.9 Å². The highest BCUT2D eigenvalue weighted by Crippen LogP contribution is 2.37. The number of carbonyl (C=O) groups is 1. The minimum atomic E-state index is -1.80. The van der Waals surface area contributed by atoms with E-state index in [1.807, 2.05) is 0 Å². The molecule has 1 aromatic heterocycles. The molecular formula is C17H19N3O6. The van der Waals surface area contributed by atoms with Gasteiger partial charge in [0.2, 0.25) is 0 Å². The number of aliphatic hydroxyl groups excluding tert-OH is 2. The number of hydrogen-bond donors (Lipinski definition) is 4. The first kappa shape index (κ1) is 18.2. The van der Waals surface area contributed by atoms with E-state index < -0.39 is 42.2 Å². The van der Waals surface area contributed by atoms with Crippen LogP contribution in [0.5, 0.6) is 0 Å². The topological polar surface area (TPSA) is 134 Å². The Labute approximate surface area is 148 Å². The second kappa shape index (κ2) is 6.96. The number of aromatic nitrogens is 2. The van der Waals surface area contributed by atoms with Gasteiger partial charge in [-0.25, -0.2) is 4.79 Å². The third-order valence-electron chi connectivity index (χ3n) is 4.29. The summed E-state index contributed by atoms with van der Waals surface area (Å²) in [4.78, 5) is 28.2. The molecule has 1 aliphatic heterocycles. The number of nitrogens with one attached hydrogen (secondary N) is 1. The maximum Gasteiger partial charge on any atom is 0.351 e. The Morgan fingerprint density at radius 1 is 1.35 bits per heavy atom. The molecule has 0 saturated carbocycles. The van der Waals surface area contributed by atoms with Gasteiger partial charge in [-0.15, -0.1) is 0 Å². The van der Waals surface area contributed by atoms with Gasteiger partial charge in [0, 0.05) is 11.8 Å². The molecule has 1 aliphatic rings. The van der Waals surface area contributed by atoms with Crippen LogP contribution in [0.1, 0.15) is 23.5 Å². The smallest absolute Gasteiger partial charge is 0.351 e. The number of rotatable bonds is 4. The molecule has 0 bridgehead atoms. The molecule has 0 radical (unpaired) electrons. The summed E-state index contributed by atoms with van der Waals surface area (Å²) in [6.07, 6.45) is -2.34. The first-order valence-electron chi connectivity index (χ1n) is 7.97. The van der Waals surface area contributed by atoms with Crippen molar-refractivity contribution < 1.29 is 24.9 Å². The molecule has 2 aromatic rings. The van der Waals surface area contributed by atoms with Crippen molar-refractivity contribution in [3.8, 4) is 0 Å². The number of aliphatic hydroxyl groups is 3. The summed E-state index contributed by atoms with van der Waals surface area (Å²) in [5.74, 6) is -0.382. The number of carbonyl (C=O) groups excluding carboxylic acids is 1. The van der Waals surface area contributed by atoms with Crippen molar-refractivity contribution in [3.63, 3.8) is 0 Å². The quantitative estimate of drug-likeness (QED) is 0.577. The molecular weight excluding hydrogens is 342 g/mol. The average molecular weight is 361 g/mol. The summed E-state index contributed by atoms with van der Waals surface area (Å²) in [7, 11) is 0.